The van der Waals surface area contributed by atoms with Gasteiger partial charge in [0.2, 0.25) is 5.91 Å². The van der Waals surface area contributed by atoms with Crippen LogP contribution in [-0.4, -0.2) is 5.91 Å². The summed E-state index contributed by atoms with van der Waals surface area (Å²) < 4.78 is 0.866. The van der Waals surface area contributed by atoms with Crippen molar-refractivity contribution >= 4 is 50.7 Å². The molecule has 0 radical (unpaired) electrons. The summed E-state index contributed by atoms with van der Waals surface area (Å²) >= 11 is 15.8. The fourth-order valence-electron chi connectivity index (χ4n) is 2.43. The van der Waals surface area contributed by atoms with Crippen molar-refractivity contribution in [3.63, 3.8) is 0 Å². The first-order valence-corrected chi connectivity index (χ1v) is 7.83. The Balaban J connectivity index is 2.06. The second kappa shape index (κ2) is 5.61. The molecule has 0 saturated carbocycles. The molecule has 0 spiro atoms. The fourth-order valence-corrected chi connectivity index (χ4v) is 3.38. The Morgan fingerprint density at radius 1 is 1.19 bits per heavy atom. The van der Waals surface area contributed by atoms with Gasteiger partial charge < -0.3 is 11.1 Å². The van der Waals surface area contributed by atoms with E-state index in [1.165, 1.54) is 0 Å². The second-order valence-electron chi connectivity index (χ2n) is 4.90. The van der Waals surface area contributed by atoms with Crippen molar-refractivity contribution in [2.45, 2.75) is 12.5 Å². The summed E-state index contributed by atoms with van der Waals surface area (Å²) in [6, 6.07) is 8.65. The minimum Gasteiger partial charge on any atom is -0.325 e. The first-order valence-electron chi connectivity index (χ1n) is 6.28. The van der Waals surface area contributed by atoms with Crippen LogP contribution in [-0.2, 0) is 11.2 Å². The van der Waals surface area contributed by atoms with Crippen molar-refractivity contribution in [3.8, 4) is 0 Å². The van der Waals surface area contributed by atoms with Gasteiger partial charge in [0, 0.05) is 20.2 Å². The maximum absolute atomic E-state index is 11.5. The van der Waals surface area contributed by atoms with E-state index < -0.39 is 6.04 Å². The average molecular weight is 386 g/mol. The summed E-state index contributed by atoms with van der Waals surface area (Å²) in [4.78, 5) is 11.5. The van der Waals surface area contributed by atoms with E-state index in [0.29, 0.717) is 16.5 Å². The molecule has 2 aromatic carbocycles. The standard InChI is InChI=1S/C15H11BrCl2N2O/c16-11-2-1-8(17)5-9(11)15(19)10-3-7-4-14(21)20-13(7)6-12(10)18/h1-3,5-6,15H,4,19H2,(H,20,21). The molecule has 108 valence electrons. The van der Waals surface area contributed by atoms with Gasteiger partial charge in [-0.3, -0.25) is 4.79 Å². The lowest BCUT2D eigenvalue weighted by Crippen LogP contribution is -2.13. The van der Waals surface area contributed by atoms with Gasteiger partial charge in [0.05, 0.1) is 12.5 Å². The van der Waals surface area contributed by atoms with Crippen LogP contribution in [0.1, 0.15) is 22.7 Å². The topological polar surface area (TPSA) is 55.1 Å². The highest BCUT2D eigenvalue weighted by Crippen LogP contribution is 2.36. The van der Waals surface area contributed by atoms with Gasteiger partial charge in [-0.05, 0) is 47.0 Å². The number of hydrogen-bond acceptors (Lipinski definition) is 2. The first-order chi connectivity index (χ1) is 9.95. The molecule has 0 aliphatic carbocycles. The molecule has 1 heterocycles. The lowest BCUT2D eigenvalue weighted by molar-refractivity contribution is -0.115. The van der Waals surface area contributed by atoms with Gasteiger partial charge in [-0.1, -0.05) is 39.1 Å². The van der Waals surface area contributed by atoms with E-state index in [0.717, 1.165) is 26.9 Å². The summed E-state index contributed by atoms with van der Waals surface area (Å²) in [6.07, 6.45) is 0.350. The average Bonchev–Trinajstić information content (AvgIpc) is 2.79. The molecule has 0 aromatic heterocycles. The van der Waals surface area contributed by atoms with Gasteiger partial charge in [-0.2, -0.15) is 0 Å². The Morgan fingerprint density at radius 3 is 2.71 bits per heavy atom. The molecule has 6 heteroatoms. The van der Waals surface area contributed by atoms with E-state index in [1.807, 2.05) is 18.2 Å². The van der Waals surface area contributed by atoms with Crippen molar-refractivity contribution in [2.24, 2.45) is 5.73 Å². The maximum Gasteiger partial charge on any atom is 0.228 e. The minimum absolute atomic E-state index is 0.0317. The van der Waals surface area contributed by atoms with E-state index in [1.54, 1.807) is 12.1 Å². The molecule has 0 fully saturated rings. The van der Waals surface area contributed by atoms with Crippen molar-refractivity contribution in [1.82, 2.24) is 0 Å². The molecular weight excluding hydrogens is 375 g/mol. The van der Waals surface area contributed by atoms with E-state index in [2.05, 4.69) is 21.2 Å². The number of amides is 1. The largest absolute Gasteiger partial charge is 0.325 e. The number of hydrogen-bond donors (Lipinski definition) is 2. The van der Waals surface area contributed by atoms with Crippen LogP contribution in [0.5, 0.6) is 0 Å². The third-order valence-electron chi connectivity index (χ3n) is 3.48. The van der Waals surface area contributed by atoms with Crippen LogP contribution < -0.4 is 11.1 Å². The highest BCUT2D eigenvalue weighted by Gasteiger charge is 2.23. The zero-order valence-corrected chi connectivity index (χ0v) is 13.9. The van der Waals surface area contributed by atoms with Gasteiger partial charge in [-0.25, -0.2) is 0 Å². The molecule has 1 atom stereocenters. The molecule has 2 aromatic rings. The quantitative estimate of drug-likeness (QED) is 0.809. The maximum atomic E-state index is 11.5. The summed E-state index contributed by atoms with van der Waals surface area (Å²) in [5.74, 6) is -0.0317. The Bertz CT molecular complexity index is 749. The minimum atomic E-state index is -0.424. The van der Waals surface area contributed by atoms with Crippen LogP contribution >= 0.6 is 39.1 Å². The van der Waals surface area contributed by atoms with Crippen LogP contribution in [0.15, 0.2) is 34.8 Å². The predicted molar refractivity (Wildman–Crippen MR) is 89.0 cm³/mol. The molecule has 21 heavy (non-hydrogen) atoms. The predicted octanol–water partition coefficient (Wildman–Crippen LogP) is 4.30. The number of halogens is 3. The third-order valence-corrected chi connectivity index (χ3v) is 4.76. The molecule has 1 aliphatic rings. The molecule has 1 amide bonds. The molecule has 1 unspecified atom stereocenters. The summed E-state index contributed by atoms with van der Waals surface area (Å²) in [7, 11) is 0. The molecule has 3 rings (SSSR count). The smallest absolute Gasteiger partial charge is 0.228 e. The van der Waals surface area contributed by atoms with Gasteiger partial charge in [0.25, 0.3) is 0 Å². The Morgan fingerprint density at radius 2 is 1.95 bits per heavy atom. The number of anilines is 1. The summed E-state index contributed by atoms with van der Waals surface area (Å²) in [5.41, 5.74) is 9.62. The number of nitrogens with two attached hydrogens (primary N) is 1. The number of carbonyl (C=O) groups excluding carboxylic acids is 1. The van der Waals surface area contributed by atoms with E-state index in [-0.39, 0.29) is 5.91 Å². The van der Waals surface area contributed by atoms with Crippen LogP contribution in [0.4, 0.5) is 5.69 Å². The SMILES string of the molecule is NC(c1cc2c(cc1Cl)NC(=O)C2)c1cc(Cl)ccc1Br. The number of benzene rings is 2. The zero-order valence-electron chi connectivity index (χ0n) is 10.8. The van der Waals surface area contributed by atoms with Gasteiger partial charge in [-0.15, -0.1) is 0 Å². The molecule has 0 bridgehead atoms. The number of nitrogens with one attached hydrogen (secondary N) is 1. The Labute approximate surface area is 140 Å². The van der Waals surface area contributed by atoms with E-state index in [4.69, 9.17) is 28.9 Å². The van der Waals surface area contributed by atoms with Gasteiger partial charge in [0.1, 0.15) is 0 Å². The lowest BCUT2D eigenvalue weighted by atomic mass is 9.97. The zero-order chi connectivity index (χ0) is 15.1. The van der Waals surface area contributed by atoms with Crippen molar-refractivity contribution in [3.05, 3.63) is 61.5 Å². The molecular formula is C15H11BrCl2N2O. The highest BCUT2D eigenvalue weighted by molar-refractivity contribution is 9.10. The Hall–Kier alpha value is -1.07. The highest BCUT2D eigenvalue weighted by atomic mass is 79.9. The second-order valence-corrected chi connectivity index (χ2v) is 6.60. The number of carbonyl (C=O) groups is 1. The molecule has 3 nitrogen and oxygen atoms in total. The van der Waals surface area contributed by atoms with Gasteiger partial charge in [0.15, 0.2) is 0 Å². The summed E-state index contributed by atoms with van der Waals surface area (Å²) in [5, 5.41) is 3.90. The van der Waals surface area contributed by atoms with E-state index >= 15 is 0 Å². The summed E-state index contributed by atoms with van der Waals surface area (Å²) in [6.45, 7) is 0. The van der Waals surface area contributed by atoms with Crippen LogP contribution in [0, 0.1) is 0 Å². The monoisotopic (exact) mass is 384 g/mol. The molecule has 0 saturated heterocycles. The fraction of sp³-hybridized carbons (Fsp3) is 0.133. The molecule has 1 aliphatic heterocycles. The van der Waals surface area contributed by atoms with Crippen molar-refractivity contribution < 1.29 is 4.79 Å². The lowest BCUT2D eigenvalue weighted by Gasteiger charge is -2.17. The van der Waals surface area contributed by atoms with Crippen molar-refractivity contribution in [2.75, 3.05) is 5.32 Å². The van der Waals surface area contributed by atoms with E-state index in [9.17, 15) is 4.79 Å². The third kappa shape index (κ3) is 2.81. The normalized spacial score (nSPS) is 14.8. The number of rotatable bonds is 2. The Kier molecular flexibility index (Phi) is 3.97. The first kappa shape index (κ1) is 14.9. The van der Waals surface area contributed by atoms with Crippen LogP contribution in [0.2, 0.25) is 10.0 Å². The van der Waals surface area contributed by atoms with Crippen LogP contribution in [0.3, 0.4) is 0 Å². The van der Waals surface area contributed by atoms with Crippen molar-refractivity contribution in [1.29, 1.82) is 0 Å². The van der Waals surface area contributed by atoms with Gasteiger partial charge >= 0.3 is 0 Å². The van der Waals surface area contributed by atoms with Crippen LogP contribution in [0.25, 0.3) is 0 Å². The molecule has 3 N–H and O–H groups in total. The number of fused-ring (bicyclic) bond motifs is 1.